The number of halogens is 2. The van der Waals surface area contributed by atoms with Crippen molar-refractivity contribution < 1.29 is 9.18 Å². The van der Waals surface area contributed by atoms with Gasteiger partial charge in [-0.3, -0.25) is 4.79 Å². The van der Waals surface area contributed by atoms with Gasteiger partial charge in [-0.05, 0) is 72.8 Å². The Balaban J connectivity index is 1.85. The van der Waals surface area contributed by atoms with Gasteiger partial charge >= 0.3 is 0 Å². The molecule has 2 atom stereocenters. The monoisotopic (exact) mass is 354 g/mol. The first kappa shape index (κ1) is 15.0. The summed E-state index contributed by atoms with van der Waals surface area (Å²) in [5.41, 5.74) is 0.430. The smallest absolute Gasteiger partial charge is 0.255 e. The molecule has 1 N–H and O–H groups in total. The minimum Gasteiger partial charge on any atom is -0.334 e. The predicted molar refractivity (Wildman–Crippen MR) is 83.8 cm³/mol. The van der Waals surface area contributed by atoms with Crippen LogP contribution in [0.2, 0.25) is 0 Å². The average molecular weight is 355 g/mol. The van der Waals surface area contributed by atoms with E-state index in [1.165, 1.54) is 18.6 Å². The molecule has 0 spiro atoms. The molecule has 0 saturated carbocycles. The van der Waals surface area contributed by atoms with Crippen molar-refractivity contribution in [2.45, 2.75) is 44.2 Å². The summed E-state index contributed by atoms with van der Waals surface area (Å²) in [4.78, 5) is 14.8. The Kier molecular flexibility index (Phi) is 4.60. The molecule has 2 saturated heterocycles. The fourth-order valence-corrected chi connectivity index (χ4v) is 3.90. The lowest BCUT2D eigenvalue weighted by Gasteiger charge is -2.39. The summed E-state index contributed by atoms with van der Waals surface area (Å²) in [6.45, 7) is 1.80. The zero-order chi connectivity index (χ0) is 14.8. The largest absolute Gasteiger partial charge is 0.334 e. The zero-order valence-electron chi connectivity index (χ0n) is 11.9. The van der Waals surface area contributed by atoms with E-state index in [-0.39, 0.29) is 17.8 Å². The fourth-order valence-electron chi connectivity index (χ4n) is 3.48. The van der Waals surface area contributed by atoms with Crippen LogP contribution in [0.15, 0.2) is 22.7 Å². The first-order chi connectivity index (χ1) is 10.2. The van der Waals surface area contributed by atoms with Crippen LogP contribution in [0, 0.1) is 5.82 Å². The SMILES string of the molecule is O=C(c1cc(F)ccc1Br)N1CCCCC1C1CCCN1. The van der Waals surface area contributed by atoms with Crippen LogP contribution in [0.5, 0.6) is 0 Å². The molecule has 1 aromatic carbocycles. The molecule has 2 unspecified atom stereocenters. The summed E-state index contributed by atoms with van der Waals surface area (Å²) >= 11 is 3.37. The number of hydrogen-bond acceptors (Lipinski definition) is 2. The Labute approximate surface area is 133 Å². The van der Waals surface area contributed by atoms with Crippen LogP contribution < -0.4 is 5.32 Å². The summed E-state index contributed by atoms with van der Waals surface area (Å²) < 4.78 is 14.1. The molecule has 0 aliphatic carbocycles. The molecule has 2 fully saturated rings. The van der Waals surface area contributed by atoms with Crippen molar-refractivity contribution in [3.63, 3.8) is 0 Å². The van der Waals surface area contributed by atoms with Gasteiger partial charge in [0.2, 0.25) is 0 Å². The molecule has 0 bridgehead atoms. The fraction of sp³-hybridized carbons (Fsp3) is 0.562. The van der Waals surface area contributed by atoms with Gasteiger partial charge in [-0.15, -0.1) is 0 Å². The van der Waals surface area contributed by atoms with Crippen molar-refractivity contribution in [2.75, 3.05) is 13.1 Å². The highest BCUT2D eigenvalue weighted by atomic mass is 79.9. The Morgan fingerprint density at radius 1 is 1.29 bits per heavy atom. The van der Waals surface area contributed by atoms with Crippen molar-refractivity contribution in [3.8, 4) is 0 Å². The van der Waals surface area contributed by atoms with E-state index in [9.17, 15) is 9.18 Å². The lowest BCUT2D eigenvalue weighted by atomic mass is 9.93. The molecule has 0 aromatic heterocycles. The highest BCUT2D eigenvalue weighted by Crippen LogP contribution is 2.28. The molecule has 3 rings (SSSR count). The number of piperidine rings is 1. The lowest BCUT2D eigenvalue weighted by Crippen LogP contribution is -2.52. The molecule has 21 heavy (non-hydrogen) atoms. The highest BCUT2D eigenvalue weighted by molar-refractivity contribution is 9.10. The summed E-state index contributed by atoms with van der Waals surface area (Å²) in [6, 6.07) is 4.94. The molecule has 1 aromatic rings. The zero-order valence-corrected chi connectivity index (χ0v) is 13.5. The first-order valence-electron chi connectivity index (χ1n) is 7.66. The second-order valence-corrected chi connectivity index (χ2v) is 6.74. The van der Waals surface area contributed by atoms with E-state index in [2.05, 4.69) is 21.2 Å². The van der Waals surface area contributed by atoms with Crippen molar-refractivity contribution in [3.05, 3.63) is 34.1 Å². The standard InChI is InChI=1S/C16H20BrFN2O/c17-13-7-6-11(18)10-12(13)16(21)20-9-2-1-5-15(20)14-4-3-8-19-14/h6-7,10,14-15,19H,1-5,8-9H2. The van der Waals surface area contributed by atoms with Gasteiger partial charge in [-0.1, -0.05) is 0 Å². The van der Waals surface area contributed by atoms with Gasteiger partial charge < -0.3 is 10.2 Å². The van der Waals surface area contributed by atoms with E-state index in [0.29, 0.717) is 16.1 Å². The minimum absolute atomic E-state index is 0.0558. The van der Waals surface area contributed by atoms with E-state index in [0.717, 1.165) is 38.8 Å². The normalized spacial score (nSPS) is 26.1. The van der Waals surface area contributed by atoms with Crippen molar-refractivity contribution in [1.82, 2.24) is 10.2 Å². The highest BCUT2D eigenvalue weighted by Gasteiger charge is 2.35. The number of carbonyl (C=O) groups excluding carboxylic acids is 1. The Bertz CT molecular complexity index is 531. The van der Waals surface area contributed by atoms with Crippen LogP contribution >= 0.6 is 15.9 Å². The van der Waals surface area contributed by atoms with Gasteiger partial charge in [0.05, 0.1) is 5.56 Å². The number of hydrogen-bond donors (Lipinski definition) is 1. The molecule has 2 aliphatic rings. The van der Waals surface area contributed by atoms with E-state index < -0.39 is 0 Å². The maximum Gasteiger partial charge on any atom is 0.255 e. The molecular weight excluding hydrogens is 335 g/mol. The summed E-state index contributed by atoms with van der Waals surface area (Å²) in [6.07, 6.45) is 5.53. The van der Waals surface area contributed by atoms with Gasteiger partial charge in [-0.2, -0.15) is 0 Å². The first-order valence-corrected chi connectivity index (χ1v) is 8.45. The number of amides is 1. The second kappa shape index (κ2) is 6.44. The van der Waals surface area contributed by atoms with Gasteiger partial charge in [0, 0.05) is 23.1 Å². The summed E-state index contributed by atoms with van der Waals surface area (Å²) in [5, 5.41) is 3.51. The Morgan fingerprint density at radius 2 is 2.14 bits per heavy atom. The summed E-state index contributed by atoms with van der Waals surface area (Å²) in [5.74, 6) is -0.422. The van der Waals surface area contributed by atoms with Crippen LogP contribution in [0.25, 0.3) is 0 Å². The lowest BCUT2D eigenvalue weighted by molar-refractivity contribution is 0.0562. The van der Waals surface area contributed by atoms with Gasteiger partial charge in [0.25, 0.3) is 5.91 Å². The van der Waals surface area contributed by atoms with Crippen LogP contribution in [0.4, 0.5) is 4.39 Å². The van der Waals surface area contributed by atoms with Crippen LogP contribution in [-0.4, -0.2) is 36.0 Å². The number of rotatable bonds is 2. The quantitative estimate of drug-likeness (QED) is 0.883. The molecular formula is C16H20BrFN2O. The van der Waals surface area contributed by atoms with Gasteiger partial charge in [-0.25, -0.2) is 4.39 Å². The molecule has 2 aliphatic heterocycles. The molecule has 2 heterocycles. The number of benzene rings is 1. The topological polar surface area (TPSA) is 32.3 Å². The van der Waals surface area contributed by atoms with Crippen molar-refractivity contribution in [1.29, 1.82) is 0 Å². The number of nitrogens with zero attached hydrogens (tertiary/aromatic N) is 1. The number of carbonyl (C=O) groups is 1. The molecule has 114 valence electrons. The van der Waals surface area contributed by atoms with Crippen LogP contribution in [0.3, 0.4) is 0 Å². The van der Waals surface area contributed by atoms with Crippen LogP contribution in [0.1, 0.15) is 42.5 Å². The van der Waals surface area contributed by atoms with E-state index in [1.54, 1.807) is 6.07 Å². The average Bonchev–Trinajstić information content (AvgIpc) is 3.03. The van der Waals surface area contributed by atoms with Gasteiger partial charge in [0.1, 0.15) is 5.82 Å². The summed E-state index contributed by atoms with van der Waals surface area (Å²) in [7, 11) is 0. The Morgan fingerprint density at radius 3 is 2.90 bits per heavy atom. The van der Waals surface area contributed by atoms with E-state index >= 15 is 0 Å². The van der Waals surface area contributed by atoms with E-state index in [4.69, 9.17) is 0 Å². The molecule has 0 radical (unpaired) electrons. The third kappa shape index (κ3) is 3.14. The maximum absolute atomic E-state index is 13.5. The van der Waals surface area contributed by atoms with Gasteiger partial charge in [0.15, 0.2) is 0 Å². The predicted octanol–water partition coefficient (Wildman–Crippen LogP) is 3.33. The van der Waals surface area contributed by atoms with Crippen molar-refractivity contribution in [2.24, 2.45) is 0 Å². The number of nitrogens with one attached hydrogen (secondary N) is 1. The Hall–Kier alpha value is -0.940. The third-order valence-corrected chi connectivity index (χ3v) is 5.22. The second-order valence-electron chi connectivity index (χ2n) is 5.89. The molecule has 5 heteroatoms. The molecule has 1 amide bonds. The van der Waals surface area contributed by atoms with E-state index in [1.807, 2.05) is 4.90 Å². The third-order valence-electron chi connectivity index (χ3n) is 4.53. The number of likely N-dealkylation sites (tertiary alicyclic amines) is 1. The molecule has 3 nitrogen and oxygen atoms in total. The maximum atomic E-state index is 13.5. The minimum atomic E-state index is -0.367. The van der Waals surface area contributed by atoms with Crippen LogP contribution in [-0.2, 0) is 0 Å². The van der Waals surface area contributed by atoms with Crippen molar-refractivity contribution >= 4 is 21.8 Å².